The first-order valence-corrected chi connectivity index (χ1v) is 8.71. The van der Waals surface area contributed by atoms with Crippen LogP contribution in [0.1, 0.15) is 11.3 Å². The van der Waals surface area contributed by atoms with E-state index in [1.54, 1.807) is 12.3 Å². The van der Waals surface area contributed by atoms with E-state index in [4.69, 9.17) is 4.74 Å². The molecule has 6 nitrogen and oxygen atoms in total. The molecule has 2 heterocycles. The number of hydrogen-bond acceptors (Lipinski definition) is 5. The highest BCUT2D eigenvalue weighted by Gasteiger charge is 2.33. The molecule has 1 unspecified atom stereocenters. The van der Waals surface area contributed by atoms with Crippen molar-refractivity contribution in [2.24, 2.45) is 0 Å². The van der Waals surface area contributed by atoms with Crippen molar-refractivity contribution >= 4 is 22.2 Å². The quantitative estimate of drug-likeness (QED) is 0.680. The molecule has 0 aliphatic carbocycles. The van der Waals surface area contributed by atoms with Crippen LogP contribution < -0.4 is 9.47 Å². The summed E-state index contributed by atoms with van der Waals surface area (Å²) in [5, 5.41) is 0.135. The molecule has 3 aromatic rings. The van der Waals surface area contributed by atoms with Gasteiger partial charge in [0.15, 0.2) is 17.3 Å². The maximum absolute atomic E-state index is 12.5. The number of aryl methyl sites for hydroxylation is 1. The lowest BCUT2D eigenvalue weighted by molar-refractivity contribution is -0.275. The minimum Gasteiger partial charge on any atom is -0.609 e. The monoisotopic (exact) mass is 385 g/mol. The third kappa shape index (κ3) is 4.02. The molecule has 0 aliphatic rings. The summed E-state index contributed by atoms with van der Waals surface area (Å²) in [7, 11) is 1.22. The summed E-state index contributed by atoms with van der Waals surface area (Å²) in [5.41, 5.74) is 2.12. The van der Waals surface area contributed by atoms with Gasteiger partial charge >= 0.3 is 11.5 Å². The lowest BCUT2D eigenvalue weighted by atomic mass is 10.2. The molecule has 0 radical (unpaired) electrons. The average molecular weight is 385 g/mol. The van der Waals surface area contributed by atoms with E-state index in [9.17, 15) is 17.7 Å². The first kappa shape index (κ1) is 18.3. The van der Waals surface area contributed by atoms with Gasteiger partial charge < -0.3 is 14.0 Å². The van der Waals surface area contributed by atoms with Gasteiger partial charge in [-0.2, -0.15) is 4.98 Å². The molecule has 0 bridgehead atoms. The number of pyridine rings is 1. The molecule has 3 rings (SSSR count). The van der Waals surface area contributed by atoms with Crippen LogP contribution in [0.2, 0.25) is 0 Å². The Bertz CT molecular complexity index is 930. The summed E-state index contributed by atoms with van der Waals surface area (Å²) < 4.78 is 58.9. The van der Waals surface area contributed by atoms with Gasteiger partial charge in [-0.1, -0.05) is 6.07 Å². The van der Waals surface area contributed by atoms with Crippen LogP contribution in [0.5, 0.6) is 11.5 Å². The van der Waals surface area contributed by atoms with Crippen LogP contribution in [0, 0.1) is 6.92 Å². The predicted octanol–water partition coefficient (Wildman–Crippen LogP) is 3.48. The van der Waals surface area contributed by atoms with Gasteiger partial charge in [0.2, 0.25) is 0 Å². The van der Waals surface area contributed by atoms with E-state index in [1.165, 1.54) is 13.2 Å². The van der Waals surface area contributed by atoms with Crippen molar-refractivity contribution in [3.63, 3.8) is 0 Å². The first-order chi connectivity index (χ1) is 12.3. The molecule has 26 heavy (non-hydrogen) atoms. The van der Waals surface area contributed by atoms with Crippen molar-refractivity contribution in [2.45, 2.75) is 24.2 Å². The Morgan fingerprint density at radius 2 is 2.04 bits per heavy atom. The van der Waals surface area contributed by atoms with Gasteiger partial charge in [0.1, 0.15) is 0 Å². The second-order valence-electron chi connectivity index (χ2n) is 5.37. The zero-order valence-electron chi connectivity index (χ0n) is 13.8. The minimum absolute atomic E-state index is 0.126. The second kappa shape index (κ2) is 7.04. The van der Waals surface area contributed by atoms with E-state index >= 15 is 0 Å². The Balaban J connectivity index is 1.92. The Labute approximate surface area is 149 Å². The van der Waals surface area contributed by atoms with Gasteiger partial charge in [0.25, 0.3) is 0 Å². The van der Waals surface area contributed by atoms with Crippen LogP contribution in [0.15, 0.2) is 35.6 Å². The molecule has 10 heteroatoms. The zero-order chi connectivity index (χ0) is 18.9. The number of benzene rings is 1. The van der Waals surface area contributed by atoms with Crippen LogP contribution >= 0.6 is 0 Å². The fourth-order valence-electron chi connectivity index (χ4n) is 2.33. The predicted molar refractivity (Wildman–Crippen MR) is 88.4 cm³/mol. The largest absolute Gasteiger partial charge is 0.609 e. The van der Waals surface area contributed by atoms with E-state index in [0.29, 0.717) is 11.2 Å². The molecule has 0 amide bonds. The maximum Gasteiger partial charge on any atom is 0.573 e. The molecule has 1 atom stereocenters. The van der Waals surface area contributed by atoms with E-state index in [0.717, 1.165) is 11.6 Å². The van der Waals surface area contributed by atoms with Crippen LogP contribution in [-0.2, 0) is 16.9 Å². The molecule has 138 valence electrons. The topological polar surface area (TPSA) is 83.1 Å². The summed E-state index contributed by atoms with van der Waals surface area (Å²) in [5.74, 6) is -0.497. The van der Waals surface area contributed by atoms with E-state index in [1.807, 2.05) is 13.0 Å². The summed E-state index contributed by atoms with van der Waals surface area (Å²) >= 11 is -1.54. The van der Waals surface area contributed by atoms with Gasteiger partial charge in [-0.25, -0.2) is 0 Å². The van der Waals surface area contributed by atoms with Gasteiger partial charge in [-0.3, -0.25) is 9.97 Å². The van der Waals surface area contributed by atoms with Crippen LogP contribution in [-0.4, -0.2) is 33.0 Å². The number of H-pyrrole nitrogens is 1. The fraction of sp³-hybridized carbons (Fsp3) is 0.250. The molecular formula is C16H14F3N3O3S. The van der Waals surface area contributed by atoms with Crippen molar-refractivity contribution in [1.29, 1.82) is 0 Å². The van der Waals surface area contributed by atoms with Crippen molar-refractivity contribution in [2.75, 3.05) is 7.11 Å². The molecule has 0 aliphatic heterocycles. The number of nitrogens with one attached hydrogen (secondary N) is 1. The summed E-state index contributed by atoms with van der Waals surface area (Å²) in [6.07, 6.45) is -3.26. The molecule has 0 saturated carbocycles. The smallest absolute Gasteiger partial charge is 0.573 e. The van der Waals surface area contributed by atoms with Crippen LogP contribution in [0.4, 0.5) is 13.2 Å². The zero-order valence-corrected chi connectivity index (χ0v) is 14.6. The maximum atomic E-state index is 12.5. The molecular weight excluding hydrogens is 371 g/mol. The number of hydrogen-bond donors (Lipinski definition) is 1. The third-order valence-electron chi connectivity index (χ3n) is 3.57. The Kier molecular flexibility index (Phi) is 4.97. The summed E-state index contributed by atoms with van der Waals surface area (Å²) in [4.78, 5) is 11.1. The van der Waals surface area contributed by atoms with Crippen molar-refractivity contribution < 1.29 is 27.2 Å². The molecule has 0 spiro atoms. The number of imidazole rings is 1. The van der Waals surface area contributed by atoms with Gasteiger partial charge in [0.05, 0.1) is 23.8 Å². The van der Waals surface area contributed by atoms with Gasteiger partial charge in [-0.15, -0.1) is 13.2 Å². The highest BCUT2D eigenvalue weighted by atomic mass is 32.2. The van der Waals surface area contributed by atoms with E-state index in [-0.39, 0.29) is 22.2 Å². The van der Waals surface area contributed by atoms with Crippen molar-refractivity contribution in [3.05, 3.63) is 41.7 Å². The van der Waals surface area contributed by atoms with E-state index < -0.39 is 23.3 Å². The standard InChI is InChI=1S/C16H14F3N3O3S/c1-9-4-3-5-20-12(9)8-26(23)15-21-10-6-13(24-2)14(7-11(10)22-15)25-16(17,18)19/h3-7H,8H2,1-2H3,(H,21,22). The SMILES string of the molecule is COc1cc2nc([S+]([O-])Cc3ncccc3C)[nH]c2cc1OC(F)(F)F. The lowest BCUT2D eigenvalue weighted by Gasteiger charge is -2.12. The number of nitrogens with zero attached hydrogens (tertiary/aromatic N) is 2. The molecule has 1 N–H and O–H groups in total. The number of fused-ring (bicyclic) bond motifs is 1. The highest BCUT2D eigenvalue weighted by molar-refractivity contribution is 7.90. The molecule has 1 aromatic carbocycles. The number of aromatic amines is 1. The van der Waals surface area contributed by atoms with E-state index in [2.05, 4.69) is 19.7 Å². The third-order valence-corrected chi connectivity index (χ3v) is 4.73. The summed E-state index contributed by atoms with van der Waals surface area (Å²) in [6, 6.07) is 6.03. The molecule has 0 fully saturated rings. The minimum atomic E-state index is -4.86. The lowest BCUT2D eigenvalue weighted by Crippen LogP contribution is -2.17. The average Bonchev–Trinajstić information content (AvgIpc) is 2.97. The molecule has 0 saturated heterocycles. The Morgan fingerprint density at radius 3 is 2.69 bits per heavy atom. The van der Waals surface area contributed by atoms with Crippen molar-refractivity contribution in [1.82, 2.24) is 15.0 Å². The number of ether oxygens (including phenoxy) is 2. The number of halogens is 3. The fourth-order valence-corrected chi connectivity index (χ4v) is 3.44. The Morgan fingerprint density at radius 1 is 1.27 bits per heavy atom. The number of methoxy groups -OCH3 is 1. The van der Waals surface area contributed by atoms with Gasteiger partial charge in [-0.05, 0) is 18.6 Å². The highest BCUT2D eigenvalue weighted by Crippen LogP contribution is 2.35. The van der Waals surface area contributed by atoms with Gasteiger partial charge in [0, 0.05) is 29.5 Å². The number of aromatic nitrogens is 3. The first-order valence-electron chi connectivity index (χ1n) is 7.39. The molecule has 2 aromatic heterocycles. The van der Waals surface area contributed by atoms with Crippen molar-refractivity contribution in [3.8, 4) is 11.5 Å². The number of rotatable bonds is 5. The van der Waals surface area contributed by atoms with Crippen LogP contribution in [0.25, 0.3) is 11.0 Å². The number of alkyl halides is 3. The summed E-state index contributed by atoms with van der Waals surface area (Å²) in [6.45, 7) is 1.85. The van der Waals surface area contributed by atoms with Crippen LogP contribution in [0.3, 0.4) is 0 Å². The normalized spacial score (nSPS) is 13.0. The second-order valence-corrected chi connectivity index (χ2v) is 6.73. The Hall–Kier alpha value is -2.46.